The van der Waals surface area contributed by atoms with Gasteiger partial charge in [0, 0.05) is 18.9 Å². The van der Waals surface area contributed by atoms with Gasteiger partial charge in [-0.3, -0.25) is 19.2 Å². The molecule has 0 unspecified atom stereocenters. The third-order valence-electron chi connectivity index (χ3n) is 4.72. The van der Waals surface area contributed by atoms with Crippen molar-refractivity contribution in [3.63, 3.8) is 0 Å². The Kier molecular flexibility index (Phi) is 11.2. The summed E-state index contributed by atoms with van der Waals surface area (Å²) in [5.74, 6) is -2.36. The molecule has 0 radical (unpaired) electrons. The molecule has 9 heteroatoms. The molecule has 0 spiro atoms. The first-order valence-corrected chi connectivity index (χ1v) is 10.7. The van der Waals surface area contributed by atoms with E-state index in [1.807, 2.05) is 13.8 Å². The molecular weight excluding hydrogens is 415 g/mol. The number of benzene rings is 1. The van der Waals surface area contributed by atoms with Crippen molar-refractivity contribution in [3.8, 4) is 0 Å². The van der Waals surface area contributed by atoms with Gasteiger partial charge in [0.05, 0.1) is 6.21 Å². The Morgan fingerprint density at radius 1 is 0.938 bits per heavy atom. The molecule has 0 aliphatic rings. The maximum Gasteiger partial charge on any atom is 0.243 e. The highest BCUT2D eigenvalue weighted by Crippen LogP contribution is 2.09. The molecule has 0 heterocycles. The van der Waals surface area contributed by atoms with Crippen LogP contribution < -0.4 is 16.0 Å². The van der Waals surface area contributed by atoms with E-state index in [0.29, 0.717) is 18.2 Å². The standard InChI is InChI=1S/C23H33FN4O4/c1-14(2)11-20(28-21(30)15(3)4)23(32)27-19(10-9-18(29)12-25)22(31)26-13-16-5-7-17(24)8-6-16/h5-8,12,14-15,19-20,25H,9-11,13H2,1-4H3,(H,26,31)(H,27,32)(H,28,30)/t19-,20-/m0/s1. The van der Waals surface area contributed by atoms with Crippen LogP contribution in [0.2, 0.25) is 0 Å². The molecule has 0 bridgehead atoms. The number of hydrogen-bond donors (Lipinski definition) is 4. The fourth-order valence-corrected chi connectivity index (χ4v) is 2.86. The van der Waals surface area contributed by atoms with Gasteiger partial charge in [-0.2, -0.15) is 0 Å². The van der Waals surface area contributed by atoms with Crippen LogP contribution in [0.1, 0.15) is 52.5 Å². The molecule has 0 saturated carbocycles. The van der Waals surface area contributed by atoms with E-state index in [1.165, 1.54) is 24.3 Å². The van der Waals surface area contributed by atoms with Gasteiger partial charge in [0.1, 0.15) is 17.9 Å². The molecule has 0 aliphatic carbocycles. The van der Waals surface area contributed by atoms with Gasteiger partial charge in [-0.25, -0.2) is 4.39 Å². The minimum atomic E-state index is -1.03. The largest absolute Gasteiger partial charge is 0.350 e. The van der Waals surface area contributed by atoms with Crippen LogP contribution in [-0.2, 0) is 25.7 Å². The van der Waals surface area contributed by atoms with Crippen LogP contribution in [0.25, 0.3) is 0 Å². The van der Waals surface area contributed by atoms with Crippen LogP contribution >= 0.6 is 0 Å². The first-order valence-electron chi connectivity index (χ1n) is 10.7. The molecule has 0 aliphatic heterocycles. The van der Waals surface area contributed by atoms with Crippen molar-refractivity contribution in [2.24, 2.45) is 11.8 Å². The van der Waals surface area contributed by atoms with Gasteiger partial charge in [-0.15, -0.1) is 0 Å². The predicted octanol–water partition coefficient (Wildman–Crippen LogP) is 2.11. The number of rotatable bonds is 13. The molecule has 32 heavy (non-hydrogen) atoms. The highest BCUT2D eigenvalue weighted by molar-refractivity contribution is 6.26. The first kappa shape index (κ1) is 26.9. The normalized spacial score (nSPS) is 12.7. The average Bonchev–Trinajstić information content (AvgIpc) is 2.74. The van der Waals surface area contributed by atoms with E-state index >= 15 is 0 Å². The second-order valence-corrected chi connectivity index (χ2v) is 8.40. The van der Waals surface area contributed by atoms with Gasteiger partial charge in [0.2, 0.25) is 17.7 Å². The maximum absolute atomic E-state index is 13.1. The zero-order chi connectivity index (χ0) is 24.3. The lowest BCUT2D eigenvalue weighted by Crippen LogP contribution is -2.54. The number of amides is 3. The molecule has 1 aromatic rings. The lowest BCUT2D eigenvalue weighted by molar-refractivity contribution is -0.133. The van der Waals surface area contributed by atoms with Crippen molar-refractivity contribution in [1.82, 2.24) is 16.0 Å². The quantitative estimate of drug-likeness (QED) is 0.345. The Labute approximate surface area is 188 Å². The third-order valence-corrected chi connectivity index (χ3v) is 4.72. The van der Waals surface area contributed by atoms with Crippen LogP contribution in [0.4, 0.5) is 4.39 Å². The summed E-state index contributed by atoms with van der Waals surface area (Å²) in [6, 6.07) is 3.76. The zero-order valence-corrected chi connectivity index (χ0v) is 19.0. The van der Waals surface area contributed by atoms with Gasteiger partial charge in [0.15, 0.2) is 5.78 Å². The minimum Gasteiger partial charge on any atom is -0.350 e. The van der Waals surface area contributed by atoms with Crippen LogP contribution in [0.15, 0.2) is 24.3 Å². The Bertz CT molecular complexity index is 809. The average molecular weight is 449 g/mol. The Morgan fingerprint density at radius 2 is 1.53 bits per heavy atom. The van der Waals surface area contributed by atoms with Gasteiger partial charge in [0.25, 0.3) is 0 Å². The lowest BCUT2D eigenvalue weighted by atomic mass is 10.0. The first-order chi connectivity index (χ1) is 15.0. The number of carbonyl (C=O) groups excluding carboxylic acids is 4. The van der Waals surface area contributed by atoms with E-state index < -0.39 is 35.5 Å². The summed E-state index contributed by atoms with van der Waals surface area (Å²) in [7, 11) is 0. The van der Waals surface area contributed by atoms with Crippen LogP contribution in [-0.4, -0.2) is 41.8 Å². The van der Waals surface area contributed by atoms with E-state index in [1.54, 1.807) is 13.8 Å². The van der Waals surface area contributed by atoms with Crippen LogP contribution in [0.5, 0.6) is 0 Å². The molecule has 8 nitrogen and oxygen atoms in total. The zero-order valence-electron chi connectivity index (χ0n) is 19.0. The summed E-state index contributed by atoms with van der Waals surface area (Å²) < 4.78 is 13.1. The summed E-state index contributed by atoms with van der Waals surface area (Å²) in [4.78, 5) is 49.3. The molecule has 1 rings (SSSR count). The summed E-state index contributed by atoms with van der Waals surface area (Å²) in [6.07, 6.45) is 0.959. The molecule has 3 amide bonds. The topological polar surface area (TPSA) is 128 Å². The number of Topliss-reactive ketones (excluding diaryl/α,β-unsaturated/α-hetero) is 1. The van der Waals surface area contributed by atoms with E-state index in [0.717, 1.165) is 0 Å². The lowest BCUT2D eigenvalue weighted by Gasteiger charge is -2.24. The smallest absolute Gasteiger partial charge is 0.243 e. The molecule has 2 atom stereocenters. The van der Waals surface area contributed by atoms with E-state index in [9.17, 15) is 23.6 Å². The van der Waals surface area contributed by atoms with E-state index in [-0.39, 0.29) is 37.1 Å². The van der Waals surface area contributed by atoms with Crippen molar-refractivity contribution in [2.75, 3.05) is 0 Å². The second-order valence-electron chi connectivity index (χ2n) is 8.40. The van der Waals surface area contributed by atoms with Gasteiger partial charge in [-0.1, -0.05) is 39.8 Å². The molecule has 4 N–H and O–H groups in total. The SMILES string of the molecule is CC(C)C[C@H](NC(=O)C(C)C)C(=O)N[C@@H](CCC(=O)C=N)C(=O)NCc1ccc(F)cc1. The van der Waals surface area contributed by atoms with Gasteiger partial charge >= 0.3 is 0 Å². The van der Waals surface area contributed by atoms with Gasteiger partial charge < -0.3 is 21.4 Å². The van der Waals surface area contributed by atoms with Crippen molar-refractivity contribution >= 4 is 29.7 Å². The van der Waals surface area contributed by atoms with Crippen molar-refractivity contribution in [3.05, 3.63) is 35.6 Å². The summed E-state index contributed by atoms with van der Waals surface area (Å²) in [6.45, 7) is 7.38. The number of nitrogens with one attached hydrogen (secondary N) is 4. The second kappa shape index (κ2) is 13.3. The fraction of sp³-hybridized carbons (Fsp3) is 0.522. The number of ketones is 1. The van der Waals surface area contributed by atoms with Crippen molar-refractivity contribution in [2.45, 2.75) is 65.6 Å². The van der Waals surface area contributed by atoms with Crippen LogP contribution in [0.3, 0.4) is 0 Å². The summed E-state index contributed by atoms with van der Waals surface area (Å²) in [5, 5.41) is 15.1. The number of hydrogen-bond acceptors (Lipinski definition) is 5. The third kappa shape index (κ3) is 9.80. The van der Waals surface area contributed by atoms with E-state index in [4.69, 9.17) is 5.41 Å². The predicted molar refractivity (Wildman–Crippen MR) is 119 cm³/mol. The summed E-state index contributed by atoms with van der Waals surface area (Å²) >= 11 is 0. The highest BCUT2D eigenvalue weighted by atomic mass is 19.1. The molecule has 1 aromatic carbocycles. The fourth-order valence-electron chi connectivity index (χ4n) is 2.86. The monoisotopic (exact) mass is 448 g/mol. The highest BCUT2D eigenvalue weighted by Gasteiger charge is 2.28. The van der Waals surface area contributed by atoms with Gasteiger partial charge in [-0.05, 0) is 36.5 Å². The molecule has 176 valence electrons. The van der Waals surface area contributed by atoms with E-state index in [2.05, 4.69) is 16.0 Å². The summed E-state index contributed by atoms with van der Waals surface area (Å²) in [5.41, 5.74) is 0.669. The molecule has 0 aromatic heterocycles. The molecule has 0 saturated heterocycles. The van der Waals surface area contributed by atoms with Crippen molar-refractivity contribution in [1.29, 1.82) is 5.41 Å². The number of halogens is 1. The Hall–Kier alpha value is -3.10. The van der Waals surface area contributed by atoms with Crippen molar-refractivity contribution < 1.29 is 23.6 Å². The molecular formula is C23H33FN4O4. The Balaban J connectivity index is 2.90. The minimum absolute atomic E-state index is 0.00172. The maximum atomic E-state index is 13.1. The number of carbonyl (C=O) groups is 4. The van der Waals surface area contributed by atoms with Crippen LogP contribution in [0, 0.1) is 23.1 Å². The Morgan fingerprint density at radius 3 is 2.06 bits per heavy atom. The molecule has 0 fully saturated rings.